The van der Waals surface area contributed by atoms with Gasteiger partial charge in [-0.05, 0) is 42.6 Å². The van der Waals surface area contributed by atoms with Crippen molar-refractivity contribution in [2.24, 2.45) is 0 Å². The van der Waals surface area contributed by atoms with Crippen LogP contribution in [0.25, 0.3) is 0 Å². The molecule has 1 unspecified atom stereocenters. The molecule has 0 aliphatic rings. The molecule has 0 aliphatic carbocycles. The van der Waals surface area contributed by atoms with Gasteiger partial charge in [-0.15, -0.1) is 0 Å². The van der Waals surface area contributed by atoms with Crippen LogP contribution in [-0.2, 0) is 12.8 Å². The van der Waals surface area contributed by atoms with Gasteiger partial charge in [0.25, 0.3) is 0 Å². The lowest BCUT2D eigenvalue weighted by Crippen LogP contribution is -2.22. The number of hydrogen-bond donors (Lipinski definition) is 1. The van der Waals surface area contributed by atoms with Crippen molar-refractivity contribution in [3.8, 4) is 0 Å². The number of rotatable bonds is 7. The van der Waals surface area contributed by atoms with Crippen LogP contribution in [0.5, 0.6) is 0 Å². The van der Waals surface area contributed by atoms with Gasteiger partial charge in [0.2, 0.25) is 0 Å². The van der Waals surface area contributed by atoms with E-state index < -0.39 is 0 Å². The van der Waals surface area contributed by atoms with Gasteiger partial charge in [-0.25, -0.2) is 0 Å². The van der Waals surface area contributed by atoms with E-state index in [1.807, 2.05) is 0 Å². The summed E-state index contributed by atoms with van der Waals surface area (Å²) in [6.45, 7) is 7.49. The summed E-state index contributed by atoms with van der Waals surface area (Å²) in [6.07, 6.45) is 3.12. The molecule has 1 N–H and O–H groups in total. The van der Waals surface area contributed by atoms with E-state index in [9.17, 15) is 0 Å². The van der Waals surface area contributed by atoms with Crippen molar-refractivity contribution in [3.63, 3.8) is 0 Å². The molecule has 1 aromatic carbocycles. The zero-order valence-corrected chi connectivity index (χ0v) is 12.8. The summed E-state index contributed by atoms with van der Waals surface area (Å²) in [5.74, 6) is 2.07. The molecule has 0 aliphatic heterocycles. The minimum absolute atomic E-state index is 0.154. The van der Waals surface area contributed by atoms with E-state index in [1.54, 1.807) is 0 Å². The smallest absolute Gasteiger partial charge is 0.125 e. The summed E-state index contributed by atoms with van der Waals surface area (Å²) >= 11 is 0. The Morgan fingerprint density at radius 1 is 1.05 bits per heavy atom. The van der Waals surface area contributed by atoms with E-state index in [0.29, 0.717) is 0 Å². The van der Waals surface area contributed by atoms with Crippen molar-refractivity contribution in [1.82, 2.24) is 5.32 Å². The molecule has 0 spiro atoms. The van der Waals surface area contributed by atoms with E-state index in [-0.39, 0.29) is 6.04 Å². The fourth-order valence-electron chi connectivity index (χ4n) is 2.40. The third-order valence-electron chi connectivity index (χ3n) is 3.61. The summed E-state index contributed by atoms with van der Waals surface area (Å²) in [4.78, 5) is 0. The highest BCUT2D eigenvalue weighted by atomic mass is 16.3. The number of nitrogens with one attached hydrogen (secondary N) is 1. The number of hydrogen-bond acceptors (Lipinski definition) is 2. The summed E-state index contributed by atoms with van der Waals surface area (Å²) in [6, 6.07) is 13.1. The van der Waals surface area contributed by atoms with Crippen molar-refractivity contribution in [2.45, 2.75) is 46.1 Å². The van der Waals surface area contributed by atoms with Gasteiger partial charge in [0, 0.05) is 6.42 Å². The first kappa shape index (κ1) is 14.9. The summed E-state index contributed by atoms with van der Waals surface area (Å²) in [7, 11) is 0. The van der Waals surface area contributed by atoms with E-state index in [0.717, 1.165) is 37.3 Å². The second-order valence-corrected chi connectivity index (χ2v) is 5.14. The van der Waals surface area contributed by atoms with E-state index >= 15 is 0 Å². The van der Waals surface area contributed by atoms with Gasteiger partial charge in [-0.2, -0.15) is 0 Å². The normalized spacial score (nSPS) is 12.6. The summed E-state index contributed by atoms with van der Waals surface area (Å²) in [5.41, 5.74) is 2.66. The maximum Gasteiger partial charge on any atom is 0.125 e. The number of aryl methyl sites for hydroxylation is 2. The molecule has 1 heterocycles. The topological polar surface area (TPSA) is 25.2 Å². The monoisotopic (exact) mass is 271 g/mol. The zero-order chi connectivity index (χ0) is 14.4. The van der Waals surface area contributed by atoms with E-state index in [4.69, 9.17) is 4.42 Å². The third kappa shape index (κ3) is 3.51. The predicted octanol–water partition coefficient (Wildman–Crippen LogP) is 4.49. The first-order valence-corrected chi connectivity index (χ1v) is 7.69. The van der Waals surface area contributed by atoms with Crippen LogP contribution in [0.15, 0.2) is 40.8 Å². The van der Waals surface area contributed by atoms with E-state index in [1.165, 1.54) is 11.1 Å². The van der Waals surface area contributed by atoms with Crippen LogP contribution >= 0.6 is 0 Å². The third-order valence-corrected chi connectivity index (χ3v) is 3.61. The lowest BCUT2D eigenvalue weighted by Gasteiger charge is -2.17. The molecule has 2 aromatic rings. The highest BCUT2D eigenvalue weighted by Crippen LogP contribution is 2.25. The van der Waals surface area contributed by atoms with Crippen molar-refractivity contribution < 1.29 is 4.42 Å². The average Bonchev–Trinajstić information content (AvgIpc) is 2.97. The molecular weight excluding hydrogens is 246 g/mol. The molecule has 0 saturated carbocycles. The van der Waals surface area contributed by atoms with Crippen LogP contribution < -0.4 is 5.32 Å². The Kier molecular flexibility index (Phi) is 5.42. The Hall–Kier alpha value is -1.54. The maximum atomic E-state index is 5.96. The second kappa shape index (κ2) is 7.30. The van der Waals surface area contributed by atoms with Crippen LogP contribution in [0.2, 0.25) is 0 Å². The first-order chi connectivity index (χ1) is 9.78. The average molecular weight is 271 g/mol. The van der Waals surface area contributed by atoms with E-state index in [2.05, 4.69) is 62.5 Å². The molecule has 2 heteroatoms. The molecule has 1 atom stereocenters. The molecule has 20 heavy (non-hydrogen) atoms. The lowest BCUT2D eigenvalue weighted by molar-refractivity contribution is 0.422. The minimum Gasteiger partial charge on any atom is -0.464 e. The molecule has 1 aromatic heterocycles. The SMILES string of the molecule is CCCNC(c1cccc(CC)c1)c1ccc(CC)o1. The minimum atomic E-state index is 0.154. The standard InChI is InChI=1S/C18H25NO/c1-4-12-19-18(17-11-10-16(6-3)20-17)15-9-7-8-14(5-2)13-15/h7-11,13,18-19H,4-6,12H2,1-3H3. The van der Waals surface area contributed by atoms with Gasteiger partial charge in [0.1, 0.15) is 11.5 Å². The zero-order valence-electron chi connectivity index (χ0n) is 12.8. The van der Waals surface area contributed by atoms with Crippen LogP contribution in [0.3, 0.4) is 0 Å². The van der Waals surface area contributed by atoms with Crippen molar-refractivity contribution in [2.75, 3.05) is 6.54 Å². The molecular formula is C18H25NO. The molecule has 108 valence electrons. The Balaban J connectivity index is 2.30. The maximum absolute atomic E-state index is 5.96. The highest BCUT2D eigenvalue weighted by molar-refractivity contribution is 5.31. The van der Waals surface area contributed by atoms with Crippen LogP contribution in [0.1, 0.15) is 55.9 Å². The molecule has 0 amide bonds. The fourth-order valence-corrected chi connectivity index (χ4v) is 2.40. The molecule has 2 nitrogen and oxygen atoms in total. The summed E-state index contributed by atoms with van der Waals surface area (Å²) in [5, 5.41) is 3.60. The molecule has 0 fully saturated rings. The van der Waals surface area contributed by atoms with Crippen LogP contribution in [0, 0.1) is 0 Å². The largest absolute Gasteiger partial charge is 0.464 e. The molecule has 2 rings (SSSR count). The van der Waals surface area contributed by atoms with Crippen molar-refractivity contribution in [1.29, 1.82) is 0 Å². The predicted molar refractivity (Wildman–Crippen MR) is 84.0 cm³/mol. The summed E-state index contributed by atoms with van der Waals surface area (Å²) < 4.78 is 5.96. The number of benzene rings is 1. The van der Waals surface area contributed by atoms with Gasteiger partial charge in [0.05, 0.1) is 6.04 Å². The van der Waals surface area contributed by atoms with Crippen LogP contribution in [-0.4, -0.2) is 6.54 Å². The van der Waals surface area contributed by atoms with Gasteiger partial charge < -0.3 is 9.73 Å². The first-order valence-electron chi connectivity index (χ1n) is 7.69. The molecule has 0 bridgehead atoms. The highest BCUT2D eigenvalue weighted by Gasteiger charge is 2.17. The number of furan rings is 1. The molecule has 0 saturated heterocycles. The Morgan fingerprint density at radius 2 is 1.90 bits per heavy atom. The van der Waals surface area contributed by atoms with Crippen LogP contribution in [0.4, 0.5) is 0 Å². The second-order valence-electron chi connectivity index (χ2n) is 5.14. The Bertz CT molecular complexity index is 530. The Morgan fingerprint density at radius 3 is 2.55 bits per heavy atom. The van der Waals surface area contributed by atoms with Gasteiger partial charge >= 0.3 is 0 Å². The van der Waals surface area contributed by atoms with Crippen molar-refractivity contribution in [3.05, 3.63) is 59.0 Å². The Labute approximate surface area is 122 Å². The molecule has 0 radical (unpaired) electrons. The van der Waals surface area contributed by atoms with Gasteiger partial charge in [0.15, 0.2) is 0 Å². The fraction of sp³-hybridized carbons (Fsp3) is 0.444. The van der Waals surface area contributed by atoms with Crippen molar-refractivity contribution >= 4 is 0 Å². The van der Waals surface area contributed by atoms with Gasteiger partial charge in [-0.3, -0.25) is 0 Å². The van der Waals surface area contributed by atoms with Gasteiger partial charge in [-0.1, -0.05) is 45.0 Å². The lowest BCUT2D eigenvalue weighted by atomic mass is 10.0. The quantitative estimate of drug-likeness (QED) is 0.802.